The van der Waals surface area contributed by atoms with Crippen molar-refractivity contribution < 1.29 is 9.53 Å². The van der Waals surface area contributed by atoms with Crippen molar-refractivity contribution in [2.75, 3.05) is 24.3 Å². The third-order valence-electron chi connectivity index (χ3n) is 1.99. The number of nitrogen functional groups attached to an aromatic ring is 1. The lowest BCUT2D eigenvalue weighted by atomic mass is 10.4. The largest absolute Gasteiger partial charge is 0.461 e. The Kier molecular flexibility index (Phi) is 5.18. The van der Waals surface area contributed by atoms with Gasteiger partial charge in [-0.15, -0.1) is 0 Å². The number of carbonyl (C=O) groups excluding carboxylic acids is 1. The summed E-state index contributed by atoms with van der Waals surface area (Å²) in [6.07, 6.45) is 4.73. The number of aryl methyl sites for hydroxylation is 1. The summed E-state index contributed by atoms with van der Waals surface area (Å²) in [6.45, 7) is 2.85. The van der Waals surface area contributed by atoms with E-state index in [9.17, 15) is 4.79 Å². The van der Waals surface area contributed by atoms with Crippen LogP contribution in [0.4, 0.5) is 5.69 Å². The summed E-state index contributed by atoms with van der Waals surface area (Å²) in [5.74, 6) is 0.609. The Morgan fingerprint density at radius 3 is 3.06 bits per heavy atom. The van der Waals surface area contributed by atoms with E-state index in [-0.39, 0.29) is 5.69 Å². The maximum absolute atomic E-state index is 11.4. The predicted octanol–water partition coefficient (Wildman–Crippen LogP) is 1.40. The fourth-order valence-corrected chi connectivity index (χ4v) is 1.70. The Morgan fingerprint density at radius 1 is 1.69 bits per heavy atom. The van der Waals surface area contributed by atoms with Crippen LogP contribution in [-0.2, 0) is 11.3 Å². The first-order chi connectivity index (χ1) is 7.69. The number of hydrogen-bond donors (Lipinski definition) is 1. The first-order valence-electron chi connectivity index (χ1n) is 5.18. The lowest BCUT2D eigenvalue weighted by Gasteiger charge is -1.99. The van der Waals surface area contributed by atoms with Gasteiger partial charge in [-0.3, -0.25) is 4.68 Å². The molecule has 0 aliphatic carbocycles. The third-order valence-corrected chi connectivity index (χ3v) is 2.69. The van der Waals surface area contributed by atoms with Crippen LogP contribution in [0.3, 0.4) is 0 Å². The van der Waals surface area contributed by atoms with E-state index < -0.39 is 5.97 Å². The summed E-state index contributed by atoms with van der Waals surface area (Å²) < 4.78 is 6.54. The molecule has 0 aliphatic rings. The van der Waals surface area contributed by atoms with Gasteiger partial charge in [-0.2, -0.15) is 16.9 Å². The Morgan fingerprint density at radius 2 is 2.44 bits per heavy atom. The SMILES string of the molecule is CCOC(=O)c1nn(CCCSC)cc1N. The highest BCUT2D eigenvalue weighted by Crippen LogP contribution is 2.11. The van der Waals surface area contributed by atoms with Gasteiger partial charge in [-0.1, -0.05) is 0 Å². The van der Waals surface area contributed by atoms with Crippen molar-refractivity contribution in [3.05, 3.63) is 11.9 Å². The van der Waals surface area contributed by atoms with E-state index in [0.717, 1.165) is 18.7 Å². The van der Waals surface area contributed by atoms with E-state index >= 15 is 0 Å². The molecule has 16 heavy (non-hydrogen) atoms. The van der Waals surface area contributed by atoms with Crippen LogP contribution in [0.15, 0.2) is 6.20 Å². The Bertz CT molecular complexity index is 352. The highest BCUT2D eigenvalue weighted by atomic mass is 32.2. The monoisotopic (exact) mass is 243 g/mol. The van der Waals surface area contributed by atoms with Crippen molar-refractivity contribution in [2.45, 2.75) is 19.9 Å². The van der Waals surface area contributed by atoms with Crippen molar-refractivity contribution in [1.82, 2.24) is 9.78 Å². The van der Waals surface area contributed by atoms with Crippen LogP contribution in [0, 0.1) is 0 Å². The number of aromatic nitrogens is 2. The zero-order chi connectivity index (χ0) is 12.0. The molecule has 0 saturated carbocycles. The second kappa shape index (κ2) is 6.42. The first-order valence-corrected chi connectivity index (χ1v) is 6.57. The van der Waals surface area contributed by atoms with Gasteiger partial charge < -0.3 is 10.5 Å². The third kappa shape index (κ3) is 3.44. The summed E-state index contributed by atoms with van der Waals surface area (Å²) in [5.41, 5.74) is 6.28. The Hall–Kier alpha value is -1.17. The van der Waals surface area contributed by atoms with Crippen LogP contribution >= 0.6 is 11.8 Å². The number of nitrogens with zero attached hydrogens (tertiary/aromatic N) is 2. The molecule has 0 bridgehead atoms. The molecule has 1 heterocycles. The minimum Gasteiger partial charge on any atom is -0.461 e. The summed E-state index contributed by atoms with van der Waals surface area (Å²) in [7, 11) is 0. The van der Waals surface area contributed by atoms with Gasteiger partial charge in [0.15, 0.2) is 5.69 Å². The summed E-state index contributed by atoms with van der Waals surface area (Å²) in [6, 6.07) is 0. The van der Waals surface area contributed by atoms with Crippen LogP contribution in [0.1, 0.15) is 23.8 Å². The zero-order valence-electron chi connectivity index (χ0n) is 9.60. The van der Waals surface area contributed by atoms with E-state index in [4.69, 9.17) is 10.5 Å². The molecule has 0 amide bonds. The molecule has 0 fully saturated rings. The molecular formula is C10H17N3O2S. The minimum absolute atomic E-state index is 0.214. The van der Waals surface area contributed by atoms with E-state index in [2.05, 4.69) is 11.4 Å². The molecule has 0 unspecified atom stereocenters. The van der Waals surface area contributed by atoms with Crippen molar-refractivity contribution in [2.24, 2.45) is 0 Å². The molecule has 0 saturated heterocycles. The van der Waals surface area contributed by atoms with Gasteiger partial charge in [-0.25, -0.2) is 4.79 Å². The van der Waals surface area contributed by atoms with E-state index in [1.807, 2.05) is 0 Å². The van der Waals surface area contributed by atoms with Crippen molar-refractivity contribution in [3.63, 3.8) is 0 Å². The van der Waals surface area contributed by atoms with Gasteiger partial charge in [0.05, 0.1) is 12.3 Å². The number of hydrogen-bond acceptors (Lipinski definition) is 5. The second-order valence-electron chi connectivity index (χ2n) is 3.26. The van der Waals surface area contributed by atoms with Gasteiger partial charge >= 0.3 is 5.97 Å². The van der Waals surface area contributed by atoms with Crippen molar-refractivity contribution >= 4 is 23.4 Å². The van der Waals surface area contributed by atoms with Crippen LogP contribution in [0.2, 0.25) is 0 Å². The number of nitrogens with two attached hydrogens (primary N) is 1. The van der Waals surface area contributed by atoms with E-state index in [1.54, 1.807) is 29.6 Å². The van der Waals surface area contributed by atoms with Crippen molar-refractivity contribution in [1.29, 1.82) is 0 Å². The van der Waals surface area contributed by atoms with E-state index in [0.29, 0.717) is 12.3 Å². The maximum atomic E-state index is 11.4. The van der Waals surface area contributed by atoms with Gasteiger partial charge in [-0.05, 0) is 25.4 Å². The number of thioether (sulfide) groups is 1. The van der Waals surface area contributed by atoms with Gasteiger partial charge in [0.1, 0.15) is 0 Å². The molecule has 1 aromatic rings. The lowest BCUT2D eigenvalue weighted by molar-refractivity contribution is 0.0519. The molecule has 6 heteroatoms. The minimum atomic E-state index is -0.455. The summed E-state index contributed by atoms with van der Waals surface area (Å²) >= 11 is 1.78. The smallest absolute Gasteiger partial charge is 0.361 e. The van der Waals surface area contributed by atoms with Gasteiger partial charge in [0.2, 0.25) is 0 Å². The molecular weight excluding hydrogens is 226 g/mol. The highest BCUT2D eigenvalue weighted by molar-refractivity contribution is 7.98. The fraction of sp³-hybridized carbons (Fsp3) is 0.600. The predicted molar refractivity (Wildman–Crippen MR) is 65.6 cm³/mol. The summed E-state index contributed by atoms with van der Waals surface area (Å²) in [5, 5.41) is 4.11. The average molecular weight is 243 g/mol. The highest BCUT2D eigenvalue weighted by Gasteiger charge is 2.15. The number of carbonyl (C=O) groups is 1. The number of rotatable bonds is 6. The molecule has 0 radical (unpaired) electrons. The topological polar surface area (TPSA) is 70.1 Å². The Labute approximate surface area is 99.3 Å². The average Bonchev–Trinajstić information content (AvgIpc) is 2.61. The molecule has 1 aromatic heterocycles. The normalized spacial score (nSPS) is 10.4. The maximum Gasteiger partial charge on any atom is 0.361 e. The standard InChI is InChI=1S/C10H17N3O2S/c1-3-15-10(14)9-8(11)7-13(12-9)5-4-6-16-2/h7H,3-6,11H2,1-2H3. The van der Waals surface area contributed by atoms with E-state index in [1.165, 1.54) is 0 Å². The first kappa shape index (κ1) is 12.9. The molecule has 0 atom stereocenters. The molecule has 0 aromatic carbocycles. The molecule has 2 N–H and O–H groups in total. The van der Waals surface area contributed by atoms with Crippen LogP contribution < -0.4 is 5.73 Å². The second-order valence-corrected chi connectivity index (χ2v) is 4.25. The molecule has 90 valence electrons. The number of ether oxygens (including phenoxy) is 1. The van der Waals surface area contributed by atoms with Crippen LogP contribution in [0.5, 0.6) is 0 Å². The Balaban J connectivity index is 2.62. The molecule has 1 rings (SSSR count). The van der Waals surface area contributed by atoms with Crippen LogP contribution in [0.25, 0.3) is 0 Å². The number of anilines is 1. The fourth-order valence-electron chi connectivity index (χ4n) is 1.28. The van der Waals surface area contributed by atoms with Gasteiger partial charge in [0, 0.05) is 12.7 Å². The quantitative estimate of drug-likeness (QED) is 0.604. The summed E-state index contributed by atoms with van der Waals surface area (Å²) in [4.78, 5) is 11.4. The van der Waals surface area contributed by atoms with Gasteiger partial charge in [0.25, 0.3) is 0 Å². The molecule has 0 aliphatic heterocycles. The molecule has 5 nitrogen and oxygen atoms in total. The van der Waals surface area contributed by atoms with Crippen molar-refractivity contribution in [3.8, 4) is 0 Å². The lowest BCUT2D eigenvalue weighted by Crippen LogP contribution is -2.09. The zero-order valence-corrected chi connectivity index (χ0v) is 10.4. The van der Waals surface area contributed by atoms with Crippen LogP contribution in [-0.4, -0.2) is 34.4 Å². The number of esters is 1. The molecule has 0 spiro atoms.